The van der Waals surface area contributed by atoms with Crippen molar-refractivity contribution in [1.29, 1.82) is 0 Å². The molecule has 0 aliphatic heterocycles. The SMILES string of the molecule is Oc1c(/C=N/NC2=CCCC=C2)cc(-c2cc(/C=N/Nc3ccccc3)c(O)c(/C=N/Nc3ccccc3)c2)cc1/C=N/Nc1ccccc1. The molecule has 0 saturated heterocycles. The fourth-order valence-corrected chi connectivity index (χ4v) is 5.03. The number of anilines is 3. The van der Waals surface area contributed by atoms with Crippen molar-refractivity contribution in [3.05, 3.63) is 161 Å². The van der Waals surface area contributed by atoms with Gasteiger partial charge in [-0.25, -0.2) is 0 Å². The largest absolute Gasteiger partial charge is 0.507 e. The molecule has 1 aliphatic carbocycles. The standard InChI is InChI=1S/C40H36N8O2/c49-39-31(25-41-45-35-13-5-1-6-14-35)21-29(22-32(39)26-42-46-36-15-7-2-8-16-36)30-23-33(27-43-47-37-17-9-3-10-18-37)40(50)34(24-30)28-44-48-38-19-11-4-12-20-38/h1-3,5-11,13-28,45-50H,4,12H2/b41-25+,42-26+,43-27+,44-28+. The number of hydrogen-bond donors (Lipinski definition) is 6. The summed E-state index contributed by atoms with van der Waals surface area (Å²) in [4.78, 5) is 0. The molecule has 10 nitrogen and oxygen atoms in total. The summed E-state index contributed by atoms with van der Waals surface area (Å²) in [6.07, 6.45) is 14.3. The van der Waals surface area contributed by atoms with Crippen molar-refractivity contribution < 1.29 is 10.2 Å². The molecule has 0 unspecified atom stereocenters. The molecule has 5 aromatic rings. The smallest absolute Gasteiger partial charge is 0.133 e. The van der Waals surface area contributed by atoms with Crippen molar-refractivity contribution in [2.75, 3.05) is 16.3 Å². The van der Waals surface area contributed by atoms with Crippen LogP contribution in [0, 0.1) is 0 Å². The zero-order chi connectivity index (χ0) is 34.4. The van der Waals surface area contributed by atoms with Crippen molar-refractivity contribution in [3.8, 4) is 22.6 Å². The number of nitrogens with zero attached hydrogens (tertiary/aromatic N) is 4. The van der Waals surface area contributed by atoms with Crippen molar-refractivity contribution in [2.45, 2.75) is 12.8 Å². The highest BCUT2D eigenvalue weighted by Gasteiger charge is 2.14. The van der Waals surface area contributed by atoms with Gasteiger partial charge in [0.1, 0.15) is 11.5 Å². The third kappa shape index (κ3) is 9.11. The summed E-state index contributed by atoms with van der Waals surface area (Å²) in [6.45, 7) is 0. The minimum atomic E-state index is -0.00148. The van der Waals surface area contributed by atoms with E-state index in [0.717, 1.165) is 46.7 Å². The molecule has 6 rings (SSSR count). The zero-order valence-electron chi connectivity index (χ0n) is 27.1. The molecule has 10 heteroatoms. The van der Waals surface area contributed by atoms with E-state index in [2.05, 4.69) is 54.3 Å². The van der Waals surface area contributed by atoms with E-state index < -0.39 is 0 Å². The monoisotopic (exact) mass is 660 g/mol. The number of aromatic hydroxyl groups is 2. The molecule has 1 aliphatic rings. The van der Waals surface area contributed by atoms with E-state index in [1.807, 2.05) is 121 Å². The minimum Gasteiger partial charge on any atom is -0.507 e. The first-order valence-electron chi connectivity index (χ1n) is 16.0. The molecule has 0 atom stereocenters. The third-order valence-electron chi connectivity index (χ3n) is 7.58. The average Bonchev–Trinajstić information content (AvgIpc) is 3.16. The zero-order valence-corrected chi connectivity index (χ0v) is 27.1. The second-order valence-corrected chi connectivity index (χ2v) is 11.2. The molecule has 0 heterocycles. The fraction of sp³-hybridized carbons (Fsp3) is 0.0500. The number of para-hydroxylation sites is 3. The minimum absolute atomic E-state index is 0.00148. The van der Waals surface area contributed by atoms with E-state index in [4.69, 9.17) is 0 Å². The van der Waals surface area contributed by atoms with Gasteiger partial charge in [-0.3, -0.25) is 21.7 Å². The quantitative estimate of drug-likeness (QED) is 0.0556. The van der Waals surface area contributed by atoms with Crippen LogP contribution in [0.3, 0.4) is 0 Å². The maximum Gasteiger partial charge on any atom is 0.133 e. The summed E-state index contributed by atoms with van der Waals surface area (Å²) < 4.78 is 0. The summed E-state index contributed by atoms with van der Waals surface area (Å²) in [5.41, 5.74) is 18.6. The van der Waals surface area contributed by atoms with Gasteiger partial charge in [-0.1, -0.05) is 66.7 Å². The second-order valence-electron chi connectivity index (χ2n) is 11.2. The summed E-state index contributed by atoms with van der Waals surface area (Å²) in [5.74, 6) is 0.00551. The van der Waals surface area contributed by atoms with E-state index in [-0.39, 0.29) is 11.5 Å². The Kier molecular flexibility index (Phi) is 11.0. The molecule has 0 fully saturated rings. The van der Waals surface area contributed by atoms with Crippen molar-refractivity contribution in [2.24, 2.45) is 20.4 Å². The lowest BCUT2D eigenvalue weighted by Crippen LogP contribution is -2.05. The summed E-state index contributed by atoms with van der Waals surface area (Å²) >= 11 is 0. The highest BCUT2D eigenvalue weighted by molar-refractivity contribution is 5.98. The molecule has 0 radical (unpaired) electrons. The van der Waals surface area contributed by atoms with Crippen LogP contribution in [0.2, 0.25) is 0 Å². The van der Waals surface area contributed by atoms with Crippen LogP contribution in [-0.4, -0.2) is 35.1 Å². The molecular weight excluding hydrogens is 624 g/mol. The van der Waals surface area contributed by atoms with Gasteiger partial charge in [0.15, 0.2) is 0 Å². The van der Waals surface area contributed by atoms with E-state index in [0.29, 0.717) is 22.3 Å². The molecule has 0 spiro atoms. The van der Waals surface area contributed by atoms with Crippen LogP contribution >= 0.6 is 0 Å². The second kappa shape index (κ2) is 16.8. The van der Waals surface area contributed by atoms with Gasteiger partial charge in [0.25, 0.3) is 0 Å². The van der Waals surface area contributed by atoms with Gasteiger partial charge in [-0.15, -0.1) is 0 Å². The van der Waals surface area contributed by atoms with E-state index in [9.17, 15) is 10.2 Å². The predicted octanol–water partition coefficient (Wildman–Crippen LogP) is 8.26. The van der Waals surface area contributed by atoms with Gasteiger partial charge in [0, 0.05) is 22.3 Å². The van der Waals surface area contributed by atoms with Crippen LogP contribution in [0.1, 0.15) is 35.1 Å². The summed E-state index contributed by atoms with van der Waals surface area (Å²) in [7, 11) is 0. The topological polar surface area (TPSA) is 138 Å². The van der Waals surface area contributed by atoms with Crippen LogP contribution in [0.15, 0.2) is 160 Å². The normalized spacial score (nSPS) is 12.9. The third-order valence-corrected chi connectivity index (χ3v) is 7.58. The lowest BCUT2D eigenvalue weighted by molar-refractivity contribution is 0.473. The molecular formula is C40H36N8O2. The number of hydrazone groups is 4. The molecule has 0 bridgehead atoms. The van der Waals surface area contributed by atoms with Gasteiger partial charge in [0.2, 0.25) is 0 Å². The predicted molar refractivity (Wildman–Crippen MR) is 205 cm³/mol. The van der Waals surface area contributed by atoms with E-state index in [1.165, 1.54) is 0 Å². The Hall–Kier alpha value is -6.94. The molecule has 6 N–H and O–H groups in total. The molecule has 0 saturated carbocycles. The van der Waals surface area contributed by atoms with Crippen LogP contribution in [0.25, 0.3) is 11.1 Å². The Bertz CT molecular complexity index is 2000. The fourth-order valence-electron chi connectivity index (χ4n) is 5.03. The number of nitrogens with one attached hydrogen (secondary N) is 4. The first-order valence-corrected chi connectivity index (χ1v) is 16.0. The van der Waals surface area contributed by atoms with Crippen LogP contribution in [0.4, 0.5) is 17.1 Å². The Morgan fingerprint density at radius 1 is 0.460 bits per heavy atom. The molecule has 50 heavy (non-hydrogen) atoms. The van der Waals surface area contributed by atoms with Crippen LogP contribution in [-0.2, 0) is 0 Å². The number of phenols is 2. The van der Waals surface area contributed by atoms with Crippen LogP contribution < -0.4 is 21.7 Å². The van der Waals surface area contributed by atoms with Gasteiger partial charge >= 0.3 is 0 Å². The summed E-state index contributed by atoms with van der Waals surface area (Å²) in [5, 5.41) is 40.2. The Morgan fingerprint density at radius 3 is 1.16 bits per heavy atom. The number of allylic oxidation sites excluding steroid dienone is 3. The Balaban J connectivity index is 1.38. The highest BCUT2D eigenvalue weighted by Crippen LogP contribution is 2.33. The summed E-state index contributed by atoms with van der Waals surface area (Å²) in [6, 6.07) is 35.9. The van der Waals surface area contributed by atoms with Gasteiger partial charge < -0.3 is 10.2 Å². The molecule has 248 valence electrons. The first kappa shape index (κ1) is 33.0. The van der Waals surface area contributed by atoms with Crippen molar-refractivity contribution in [3.63, 3.8) is 0 Å². The first-order chi connectivity index (χ1) is 24.6. The Labute approximate surface area is 290 Å². The maximum absolute atomic E-state index is 11.3. The van der Waals surface area contributed by atoms with E-state index in [1.54, 1.807) is 24.9 Å². The number of hydrogen-bond acceptors (Lipinski definition) is 10. The lowest BCUT2D eigenvalue weighted by atomic mass is 9.95. The van der Waals surface area contributed by atoms with Gasteiger partial charge in [-0.2, -0.15) is 20.4 Å². The Morgan fingerprint density at radius 2 is 0.820 bits per heavy atom. The highest BCUT2D eigenvalue weighted by atomic mass is 16.3. The van der Waals surface area contributed by atoms with Gasteiger partial charge in [0.05, 0.1) is 47.6 Å². The van der Waals surface area contributed by atoms with Gasteiger partial charge in [-0.05, 0) is 90.7 Å². The molecule has 0 amide bonds. The number of phenolic OH excluding ortho intramolecular Hbond substituents is 2. The average molecular weight is 661 g/mol. The van der Waals surface area contributed by atoms with E-state index >= 15 is 0 Å². The lowest BCUT2D eigenvalue weighted by Gasteiger charge is -2.12. The number of rotatable bonds is 13. The van der Waals surface area contributed by atoms with Crippen molar-refractivity contribution >= 4 is 41.9 Å². The van der Waals surface area contributed by atoms with Crippen LogP contribution in [0.5, 0.6) is 11.5 Å². The maximum atomic E-state index is 11.3. The molecule has 5 aromatic carbocycles. The van der Waals surface area contributed by atoms with Crippen molar-refractivity contribution in [1.82, 2.24) is 5.43 Å². The number of benzene rings is 5. The molecule has 0 aromatic heterocycles.